The molecule has 52 valence electrons. The van der Waals surface area contributed by atoms with Crippen molar-refractivity contribution in [3.63, 3.8) is 0 Å². The molecule has 0 radical (unpaired) electrons. The average Bonchev–Trinajstić information content (AvgIpc) is 2.25. The molecule has 0 N–H and O–H groups in total. The predicted molar refractivity (Wildman–Crippen MR) is 29.7 cm³/mol. The Bertz CT molecular complexity index is 119. The van der Waals surface area contributed by atoms with Crippen LogP contribution in [0.25, 0.3) is 0 Å². The first-order chi connectivity index (χ1) is 4.36. The van der Waals surface area contributed by atoms with Gasteiger partial charge in [0.1, 0.15) is 0 Å². The van der Waals surface area contributed by atoms with Gasteiger partial charge in [0.15, 0.2) is 6.29 Å². The molecule has 4 heteroatoms. The molecule has 0 aliphatic carbocycles. The Morgan fingerprint density at radius 1 is 1.22 bits per heavy atom. The fourth-order valence-corrected chi connectivity index (χ4v) is 1.23. The highest BCUT2D eigenvalue weighted by molar-refractivity contribution is 6.20. The summed E-state index contributed by atoms with van der Waals surface area (Å²) in [4.78, 5) is 9.48. The summed E-state index contributed by atoms with van der Waals surface area (Å²) in [6, 6.07) is 0. The molecule has 3 nitrogen and oxygen atoms in total. The van der Waals surface area contributed by atoms with E-state index in [1.807, 2.05) is 0 Å². The SMILES string of the molecule is Cl[C@H]1CC[C@H]2OO[C@@H]1O2. The number of fused-ring (bicyclic) bond motifs is 2. The predicted octanol–water partition coefficient (Wildman–Crippen LogP) is 1.02. The van der Waals surface area contributed by atoms with Gasteiger partial charge in [-0.25, -0.2) is 9.78 Å². The molecular weight excluding hydrogens is 144 g/mol. The topological polar surface area (TPSA) is 27.7 Å². The van der Waals surface area contributed by atoms with Crippen LogP contribution in [0.4, 0.5) is 0 Å². The van der Waals surface area contributed by atoms with Crippen molar-refractivity contribution in [2.75, 3.05) is 0 Å². The van der Waals surface area contributed by atoms with Crippen molar-refractivity contribution in [3.8, 4) is 0 Å². The van der Waals surface area contributed by atoms with E-state index in [1.54, 1.807) is 0 Å². The summed E-state index contributed by atoms with van der Waals surface area (Å²) in [5.74, 6) is 0. The summed E-state index contributed by atoms with van der Waals surface area (Å²) in [6.07, 6.45) is 1.26. The fraction of sp³-hybridized carbons (Fsp3) is 1.00. The third-order valence-corrected chi connectivity index (χ3v) is 1.94. The highest BCUT2D eigenvalue weighted by Gasteiger charge is 2.38. The second kappa shape index (κ2) is 2.09. The van der Waals surface area contributed by atoms with Gasteiger partial charge in [-0.2, -0.15) is 0 Å². The second-order valence-electron chi connectivity index (χ2n) is 2.22. The van der Waals surface area contributed by atoms with Crippen LogP contribution < -0.4 is 0 Å². The molecule has 3 atom stereocenters. The molecule has 2 rings (SSSR count). The summed E-state index contributed by atoms with van der Waals surface area (Å²) < 4.78 is 5.13. The number of rotatable bonds is 0. The maximum Gasteiger partial charge on any atom is 0.210 e. The zero-order valence-electron chi connectivity index (χ0n) is 4.75. The molecule has 0 aromatic rings. The van der Waals surface area contributed by atoms with E-state index >= 15 is 0 Å². The van der Waals surface area contributed by atoms with Gasteiger partial charge in [-0.15, -0.1) is 11.6 Å². The van der Waals surface area contributed by atoms with E-state index in [-0.39, 0.29) is 18.0 Å². The molecule has 0 spiro atoms. The summed E-state index contributed by atoms with van der Waals surface area (Å²) in [5, 5.41) is -0.0382. The maximum atomic E-state index is 5.78. The van der Waals surface area contributed by atoms with Crippen molar-refractivity contribution in [1.29, 1.82) is 0 Å². The number of hydrogen-bond acceptors (Lipinski definition) is 3. The van der Waals surface area contributed by atoms with Gasteiger partial charge in [0, 0.05) is 6.42 Å². The van der Waals surface area contributed by atoms with E-state index in [9.17, 15) is 0 Å². The van der Waals surface area contributed by atoms with E-state index in [0.29, 0.717) is 0 Å². The molecule has 0 amide bonds. The Hall–Kier alpha value is 0.170. The van der Waals surface area contributed by atoms with Crippen molar-refractivity contribution in [1.82, 2.24) is 0 Å². The van der Waals surface area contributed by atoms with Gasteiger partial charge in [0.2, 0.25) is 6.29 Å². The minimum absolute atomic E-state index is 0.0382. The van der Waals surface area contributed by atoms with Crippen LogP contribution in [-0.4, -0.2) is 18.0 Å². The van der Waals surface area contributed by atoms with Gasteiger partial charge in [0.25, 0.3) is 0 Å². The molecule has 0 saturated carbocycles. The Kier molecular flexibility index (Phi) is 1.38. The Labute approximate surface area is 57.8 Å². The van der Waals surface area contributed by atoms with Crippen molar-refractivity contribution >= 4 is 11.6 Å². The third kappa shape index (κ3) is 0.942. The summed E-state index contributed by atoms with van der Waals surface area (Å²) in [5.41, 5.74) is 0. The van der Waals surface area contributed by atoms with Crippen LogP contribution in [0.1, 0.15) is 12.8 Å². The standard InChI is InChI=1S/C5H7ClO3/c6-3-1-2-4-7-5(3)9-8-4/h3-5H,1-2H2/t3-,4+,5-/m0/s1. The highest BCUT2D eigenvalue weighted by atomic mass is 35.5. The first-order valence-electron chi connectivity index (χ1n) is 2.98. The fourth-order valence-electron chi connectivity index (χ4n) is 1.00. The van der Waals surface area contributed by atoms with Gasteiger partial charge in [-0.3, -0.25) is 0 Å². The van der Waals surface area contributed by atoms with E-state index in [4.69, 9.17) is 26.1 Å². The van der Waals surface area contributed by atoms with Gasteiger partial charge < -0.3 is 4.74 Å². The highest BCUT2D eigenvalue weighted by Crippen LogP contribution is 2.30. The minimum Gasteiger partial charge on any atom is -0.316 e. The van der Waals surface area contributed by atoms with Crippen LogP contribution in [0.2, 0.25) is 0 Å². The van der Waals surface area contributed by atoms with E-state index in [0.717, 1.165) is 12.8 Å². The van der Waals surface area contributed by atoms with E-state index in [2.05, 4.69) is 0 Å². The number of halogens is 1. The van der Waals surface area contributed by atoms with Crippen LogP contribution in [0.3, 0.4) is 0 Å². The maximum absolute atomic E-state index is 5.78. The third-order valence-electron chi connectivity index (χ3n) is 1.52. The smallest absolute Gasteiger partial charge is 0.210 e. The Balaban J connectivity index is 2.05. The number of alkyl halides is 1. The van der Waals surface area contributed by atoms with Crippen LogP contribution in [0.15, 0.2) is 0 Å². The van der Waals surface area contributed by atoms with E-state index in [1.165, 1.54) is 0 Å². The molecule has 2 heterocycles. The molecule has 0 aromatic heterocycles. The van der Waals surface area contributed by atoms with Crippen molar-refractivity contribution in [2.45, 2.75) is 30.8 Å². The van der Waals surface area contributed by atoms with Crippen LogP contribution in [0.5, 0.6) is 0 Å². The normalized spacial score (nSPS) is 49.7. The summed E-state index contributed by atoms with van der Waals surface area (Å²) >= 11 is 5.78. The largest absolute Gasteiger partial charge is 0.316 e. The number of ether oxygens (including phenoxy) is 1. The molecule has 2 aliphatic heterocycles. The zero-order chi connectivity index (χ0) is 6.27. The van der Waals surface area contributed by atoms with Crippen LogP contribution >= 0.6 is 11.6 Å². The molecular formula is C5H7ClO3. The quantitative estimate of drug-likeness (QED) is 0.381. The lowest BCUT2D eigenvalue weighted by Crippen LogP contribution is -2.28. The van der Waals surface area contributed by atoms with Gasteiger partial charge >= 0.3 is 0 Å². The molecule has 2 fully saturated rings. The first-order valence-corrected chi connectivity index (χ1v) is 3.41. The van der Waals surface area contributed by atoms with Crippen molar-refractivity contribution in [2.24, 2.45) is 0 Å². The van der Waals surface area contributed by atoms with Crippen molar-refractivity contribution in [3.05, 3.63) is 0 Å². The first kappa shape index (κ1) is 5.92. The Morgan fingerprint density at radius 2 is 2.11 bits per heavy atom. The lowest BCUT2D eigenvalue weighted by molar-refractivity contribution is -0.289. The summed E-state index contributed by atoms with van der Waals surface area (Å²) in [7, 11) is 0. The lowest BCUT2D eigenvalue weighted by atomic mass is 10.2. The summed E-state index contributed by atoms with van der Waals surface area (Å²) in [6.45, 7) is 0. The molecule has 0 aromatic carbocycles. The zero-order valence-corrected chi connectivity index (χ0v) is 5.50. The molecule has 2 aliphatic rings. The molecule has 0 unspecified atom stereocenters. The monoisotopic (exact) mass is 150 g/mol. The van der Waals surface area contributed by atoms with E-state index < -0.39 is 0 Å². The molecule has 9 heavy (non-hydrogen) atoms. The minimum atomic E-state index is -0.328. The molecule has 2 saturated heterocycles. The van der Waals surface area contributed by atoms with Gasteiger partial charge in [-0.1, -0.05) is 0 Å². The average molecular weight is 151 g/mol. The second-order valence-corrected chi connectivity index (χ2v) is 2.78. The van der Waals surface area contributed by atoms with Crippen LogP contribution in [0, 0.1) is 0 Å². The number of hydrogen-bond donors (Lipinski definition) is 0. The van der Waals surface area contributed by atoms with Gasteiger partial charge in [0.05, 0.1) is 5.38 Å². The van der Waals surface area contributed by atoms with Crippen molar-refractivity contribution < 1.29 is 14.5 Å². The lowest BCUT2D eigenvalue weighted by Gasteiger charge is -2.18. The molecule has 2 bridgehead atoms. The Morgan fingerprint density at radius 3 is 2.89 bits per heavy atom. The van der Waals surface area contributed by atoms with Gasteiger partial charge in [-0.05, 0) is 6.42 Å². The van der Waals surface area contributed by atoms with Crippen LogP contribution in [-0.2, 0) is 14.5 Å².